The summed E-state index contributed by atoms with van der Waals surface area (Å²) in [5, 5.41) is 6.99. The van der Waals surface area contributed by atoms with Crippen molar-refractivity contribution >= 4 is 5.69 Å². The Morgan fingerprint density at radius 2 is 2.39 bits per heavy atom. The van der Waals surface area contributed by atoms with E-state index in [4.69, 9.17) is 0 Å². The highest BCUT2D eigenvalue weighted by Gasteiger charge is 2.39. The molecule has 1 N–H and O–H groups in total. The molecule has 1 aliphatic rings. The molecule has 6 heteroatoms. The zero-order valence-electron chi connectivity index (χ0n) is 10.3. The molecule has 0 amide bonds. The fourth-order valence-electron chi connectivity index (χ4n) is 2.31. The van der Waals surface area contributed by atoms with E-state index in [1.165, 1.54) is 10.7 Å². The number of nitrogens with zero attached hydrogens (tertiary/aromatic N) is 2. The molecule has 1 aromatic heterocycles. The Balaban J connectivity index is 2.04. The summed E-state index contributed by atoms with van der Waals surface area (Å²) < 4.78 is 27.4. The van der Waals surface area contributed by atoms with Crippen LogP contribution in [0.4, 0.5) is 14.5 Å². The Morgan fingerprint density at radius 1 is 1.61 bits per heavy atom. The third kappa shape index (κ3) is 3.05. The van der Waals surface area contributed by atoms with Crippen LogP contribution in [0.15, 0.2) is 17.1 Å². The van der Waals surface area contributed by atoms with E-state index < -0.39 is 5.92 Å². The van der Waals surface area contributed by atoms with Gasteiger partial charge < -0.3 is 5.32 Å². The first-order valence-electron chi connectivity index (χ1n) is 6.19. The van der Waals surface area contributed by atoms with Crippen molar-refractivity contribution in [3.63, 3.8) is 0 Å². The molecule has 1 saturated carbocycles. The summed E-state index contributed by atoms with van der Waals surface area (Å²) in [6.45, 7) is 2.91. The quantitative estimate of drug-likeness (QED) is 0.898. The minimum atomic E-state index is -2.57. The van der Waals surface area contributed by atoms with Gasteiger partial charge in [0.1, 0.15) is 0 Å². The minimum absolute atomic E-state index is 0.0815. The van der Waals surface area contributed by atoms with Crippen molar-refractivity contribution in [2.75, 3.05) is 11.9 Å². The van der Waals surface area contributed by atoms with Crippen LogP contribution in [0.5, 0.6) is 0 Å². The molecule has 1 heterocycles. The van der Waals surface area contributed by atoms with E-state index in [-0.39, 0.29) is 30.9 Å². The Morgan fingerprint density at radius 3 is 2.94 bits per heavy atom. The molecule has 1 fully saturated rings. The van der Waals surface area contributed by atoms with Gasteiger partial charge in [-0.15, -0.1) is 0 Å². The number of halogens is 2. The molecule has 2 rings (SSSR count). The van der Waals surface area contributed by atoms with E-state index in [1.54, 1.807) is 6.20 Å². The van der Waals surface area contributed by atoms with Crippen LogP contribution < -0.4 is 10.9 Å². The molecular weight excluding hydrogens is 240 g/mol. The Labute approximate surface area is 104 Å². The fraction of sp³-hybridized carbons (Fsp3) is 0.667. The molecule has 1 atom stereocenters. The maximum Gasteiger partial charge on any atom is 0.268 e. The number of aromatic nitrogens is 2. The van der Waals surface area contributed by atoms with E-state index in [1.807, 2.05) is 6.92 Å². The molecule has 1 unspecified atom stereocenters. The van der Waals surface area contributed by atoms with Gasteiger partial charge in [-0.05, 0) is 19.3 Å². The first-order valence-corrected chi connectivity index (χ1v) is 6.19. The fourth-order valence-corrected chi connectivity index (χ4v) is 2.31. The van der Waals surface area contributed by atoms with E-state index >= 15 is 0 Å². The molecule has 0 spiro atoms. The highest BCUT2D eigenvalue weighted by molar-refractivity contribution is 5.38. The van der Waals surface area contributed by atoms with Gasteiger partial charge >= 0.3 is 0 Å². The molecule has 1 aliphatic carbocycles. The molecule has 0 saturated heterocycles. The smallest absolute Gasteiger partial charge is 0.268 e. The van der Waals surface area contributed by atoms with Crippen LogP contribution in [0.3, 0.4) is 0 Å². The second-order valence-electron chi connectivity index (χ2n) is 4.76. The van der Waals surface area contributed by atoms with Crippen molar-refractivity contribution in [2.45, 2.75) is 38.7 Å². The van der Waals surface area contributed by atoms with E-state index in [2.05, 4.69) is 10.4 Å². The summed E-state index contributed by atoms with van der Waals surface area (Å²) >= 11 is 0. The Bertz CT molecular complexity index is 473. The maximum atomic E-state index is 13.0. The molecule has 0 bridgehead atoms. The second-order valence-corrected chi connectivity index (χ2v) is 4.76. The summed E-state index contributed by atoms with van der Waals surface area (Å²) in [5.41, 5.74) is 0.416. The lowest BCUT2D eigenvalue weighted by Gasteiger charge is -2.12. The number of nitrogens with one attached hydrogen (secondary N) is 1. The van der Waals surface area contributed by atoms with E-state index in [9.17, 15) is 13.6 Å². The summed E-state index contributed by atoms with van der Waals surface area (Å²) in [5.74, 6) is -2.73. The molecule has 1 aromatic rings. The Kier molecular flexibility index (Phi) is 3.63. The molecule has 4 nitrogen and oxygen atoms in total. The topological polar surface area (TPSA) is 46.9 Å². The molecule has 0 aliphatic heterocycles. The number of alkyl halides is 2. The summed E-state index contributed by atoms with van der Waals surface area (Å²) in [7, 11) is 0. The average Bonchev–Trinajstić information content (AvgIpc) is 2.63. The number of rotatable bonds is 4. The van der Waals surface area contributed by atoms with Crippen molar-refractivity contribution in [3.8, 4) is 0 Å². The van der Waals surface area contributed by atoms with E-state index in [0.717, 1.165) is 0 Å². The van der Waals surface area contributed by atoms with Crippen LogP contribution >= 0.6 is 0 Å². The lowest BCUT2D eigenvalue weighted by Crippen LogP contribution is -2.26. The van der Waals surface area contributed by atoms with Crippen LogP contribution in [0.1, 0.15) is 26.2 Å². The van der Waals surface area contributed by atoms with Gasteiger partial charge in [-0.25, -0.2) is 13.5 Å². The van der Waals surface area contributed by atoms with Crippen LogP contribution in [0.2, 0.25) is 0 Å². The standard InChI is InChI=1S/C12H17F2N3O/c1-2-15-10-5-11(18)17(16-7-10)8-9-3-4-12(13,14)6-9/h5,7,9,15H,2-4,6,8H2,1H3. The predicted octanol–water partition coefficient (Wildman–Crippen LogP) is 2.11. The first kappa shape index (κ1) is 13.0. The third-order valence-corrected chi connectivity index (χ3v) is 3.19. The van der Waals surface area contributed by atoms with Gasteiger partial charge in [0.15, 0.2) is 0 Å². The van der Waals surface area contributed by atoms with Crippen LogP contribution in [-0.4, -0.2) is 22.2 Å². The molecule has 100 valence electrons. The zero-order valence-corrected chi connectivity index (χ0v) is 10.3. The average molecular weight is 257 g/mol. The molecule has 0 aromatic carbocycles. The summed E-state index contributed by atoms with van der Waals surface area (Å²) in [4.78, 5) is 11.7. The number of anilines is 1. The maximum absolute atomic E-state index is 13.0. The van der Waals surface area contributed by atoms with Gasteiger partial charge in [0.2, 0.25) is 5.92 Å². The van der Waals surface area contributed by atoms with Crippen molar-refractivity contribution in [1.82, 2.24) is 9.78 Å². The highest BCUT2D eigenvalue weighted by Crippen LogP contribution is 2.39. The monoisotopic (exact) mass is 257 g/mol. The number of hydrogen-bond donors (Lipinski definition) is 1. The predicted molar refractivity (Wildman–Crippen MR) is 64.9 cm³/mol. The van der Waals surface area contributed by atoms with Crippen molar-refractivity contribution in [3.05, 3.63) is 22.6 Å². The lowest BCUT2D eigenvalue weighted by atomic mass is 10.1. The largest absolute Gasteiger partial charge is 0.384 e. The van der Waals surface area contributed by atoms with Gasteiger partial charge in [0.05, 0.1) is 11.9 Å². The lowest BCUT2D eigenvalue weighted by molar-refractivity contribution is 0.00416. The van der Waals surface area contributed by atoms with Crippen LogP contribution in [-0.2, 0) is 6.54 Å². The summed E-state index contributed by atoms with van der Waals surface area (Å²) in [6.07, 6.45) is 1.78. The van der Waals surface area contributed by atoms with E-state index in [0.29, 0.717) is 18.7 Å². The van der Waals surface area contributed by atoms with Crippen molar-refractivity contribution in [1.29, 1.82) is 0 Å². The van der Waals surface area contributed by atoms with Crippen molar-refractivity contribution in [2.24, 2.45) is 5.92 Å². The van der Waals surface area contributed by atoms with Crippen LogP contribution in [0.25, 0.3) is 0 Å². The zero-order chi connectivity index (χ0) is 13.2. The Hall–Kier alpha value is -1.46. The summed E-state index contributed by atoms with van der Waals surface area (Å²) in [6, 6.07) is 1.45. The minimum Gasteiger partial charge on any atom is -0.384 e. The normalized spacial score (nSPS) is 22.1. The van der Waals surface area contributed by atoms with Gasteiger partial charge in [0.25, 0.3) is 5.56 Å². The van der Waals surface area contributed by atoms with Crippen molar-refractivity contribution < 1.29 is 8.78 Å². The number of hydrogen-bond acceptors (Lipinski definition) is 3. The second kappa shape index (κ2) is 5.04. The van der Waals surface area contributed by atoms with Crippen LogP contribution in [0, 0.1) is 5.92 Å². The highest BCUT2D eigenvalue weighted by atomic mass is 19.3. The van der Waals surface area contributed by atoms with Gasteiger partial charge in [0, 0.05) is 32.0 Å². The SMILES string of the molecule is CCNc1cnn(CC2CCC(F)(F)C2)c(=O)c1. The van der Waals surface area contributed by atoms with Gasteiger partial charge in [-0.2, -0.15) is 5.10 Å². The molecular formula is C12H17F2N3O. The first-order chi connectivity index (χ1) is 8.50. The molecule has 18 heavy (non-hydrogen) atoms. The van der Waals surface area contributed by atoms with Gasteiger partial charge in [-0.1, -0.05) is 0 Å². The third-order valence-electron chi connectivity index (χ3n) is 3.19. The molecule has 0 radical (unpaired) electrons. The van der Waals surface area contributed by atoms with Gasteiger partial charge in [-0.3, -0.25) is 4.79 Å².